The smallest absolute Gasteiger partial charge is 0.272 e. The summed E-state index contributed by atoms with van der Waals surface area (Å²) in [6, 6.07) is 9.62. The van der Waals surface area contributed by atoms with Gasteiger partial charge in [0.25, 0.3) is 5.69 Å². The van der Waals surface area contributed by atoms with Crippen LogP contribution in [0.2, 0.25) is 0 Å². The van der Waals surface area contributed by atoms with Gasteiger partial charge in [0.2, 0.25) is 5.91 Å². The molecule has 4 rings (SSSR count). The Bertz CT molecular complexity index is 1010. The number of hydrogen-bond donors (Lipinski definition) is 1. The summed E-state index contributed by atoms with van der Waals surface area (Å²) in [5.74, 6) is 1.30. The van der Waals surface area contributed by atoms with Gasteiger partial charge in [-0.1, -0.05) is 6.07 Å². The van der Waals surface area contributed by atoms with Crippen LogP contribution in [0.4, 0.5) is 17.2 Å². The minimum atomic E-state index is -0.355. The number of hydrogen-bond acceptors (Lipinski definition) is 7. The molecule has 9 heteroatoms. The highest BCUT2D eigenvalue weighted by Crippen LogP contribution is 2.24. The summed E-state index contributed by atoms with van der Waals surface area (Å²) in [5.41, 5.74) is 2.87. The molecular weight excluding hydrogens is 444 g/mol. The molecule has 2 fully saturated rings. The lowest BCUT2D eigenvalue weighted by molar-refractivity contribution is -0.385. The Morgan fingerprint density at radius 2 is 1.83 bits per heavy atom. The van der Waals surface area contributed by atoms with E-state index in [0.29, 0.717) is 12.0 Å². The first-order chi connectivity index (χ1) is 16.9. The molecule has 1 aromatic carbocycles. The second-order valence-corrected chi connectivity index (χ2v) is 9.68. The summed E-state index contributed by atoms with van der Waals surface area (Å²) in [4.78, 5) is 34.7. The van der Waals surface area contributed by atoms with Gasteiger partial charge in [0.05, 0.1) is 4.92 Å². The van der Waals surface area contributed by atoms with Crippen LogP contribution in [0.1, 0.15) is 36.8 Å². The molecule has 2 saturated heterocycles. The van der Waals surface area contributed by atoms with E-state index in [1.165, 1.54) is 5.56 Å². The molecular formula is C26H36N6O3. The summed E-state index contributed by atoms with van der Waals surface area (Å²) >= 11 is 0. The summed E-state index contributed by atoms with van der Waals surface area (Å²) in [6.45, 7) is 10.2. The number of rotatable bonds is 8. The van der Waals surface area contributed by atoms with Crippen LogP contribution in [0.3, 0.4) is 0 Å². The predicted octanol–water partition coefficient (Wildman–Crippen LogP) is 3.61. The number of aryl methyl sites for hydroxylation is 2. The highest BCUT2D eigenvalue weighted by atomic mass is 16.6. The van der Waals surface area contributed by atoms with Crippen molar-refractivity contribution in [2.24, 2.45) is 0 Å². The molecule has 188 valence electrons. The maximum Gasteiger partial charge on any atom is 0.272 e. The average Bonchev–Trinajstić information content (AvgIpc) is 2.85. The molecule has 0 atom stereocenters. The largest absolute Gasteiger partial charge is 0.382 e. The molecule has 1 N–H and O–H groups in total. The fourth-order valence-corrected chi connectivity index (χ4v) is 4.92. The summed E-state index contributed by atoms with van der Waals surface area (Å²) < 4.78 is 0. The molecule has 0 aliphatic carbocycles. The molecule has 35 heavy (non-hydrogen) atoms. The number of nitro groups is 1. The van der Waals surface area contributed by atoms with Crippen molar-refractivity contribution in [2.75, 3.05) is 56.0 Å². The summed E-state index contributed by atoms with van der Waals surface area (Å²) in [7, 11) is 0. The van der Waals surface area contributed by atoms with Crippen molar-refractivity contribution < 1.29 is 9.72 Å². The third-order valence-corrected chi connectivity index (χ3v) is 7.07. The number of likely N-dealkylation sites (tertiary alicyclic amines) is 1. The third-order valence-electron chi connectivity index (χ3n) is 7.07. The van der Waals surface area contributed by atoms with Crippen molar-refractivity contribution in [2.45, 2.75) is 45.6 Å². The second kappa shape index (κ2) is 11.5. The number of benzene rings is 1. The molecule has 2 aromatic rings. The van der Waals surface area contributed by atoms with Crippen LogP contribution in [0.5, 0.6) is 0 Å². The van der Waals surface area contributed by atoms with Crippen molar-refractivity contribution in [3.05, 3.63) is 57.8 Å². The molecule has 0 spiro atoms. The van der Waals surface area contributed by atoms with Gasteiger partial charge in [0, 0.05) is 75.2 Å². The van der Waals surface area contributed by atoms with Crippen LogP contribution in [0, 0.1) is 24.0 Å². The number of carbonyl (C=O) groups excluding carboxylic acids is 1. The highest BCUT2D eigenvalue weighted by molar-refractivity contribution is 5.76. The van der Waals surface area contributed by atoms with Crippen molar-refractivity contribution in [3.8, 4) is 0 Å². The zero-order valence-corrected chi connectivity index (χ0v) is 20.8. The first-order valence-electron chi connectivity index (χ1n) is 12.6. The van der Waals surface area contributed by atoms with E-state index in [1.807, 2.05) is 17.2 Å². The normalized spacial score (nSPS) is 17.4. The molecule has 2 aliphatic heterocycles. The van der Waals surface area contributed by atoms with E-state index in [1.54, 1.807) is 19.1 Å². The lowest BCUT2D eigenvalue weighted by atomic mass is 10.0. The number of nitro benzene ring substituents is 1. The van der Waals surface area contributed by atoms with Gasteiger partial charge in [0.15, 0.2) is 0 Å². The lowest BCUT2D eigenvalue weighted by Crippen LogP contribution is -2.47. The Balaban J connectivity index is 1.13. The number of nitrogens with zero attached hydrogens (tertiary/aromatic N) is 5. The molecule has 1 aromatic heterocycles. The Morgan fingerprint density at radius 3 is 2.46 bits per heavy atom. The van der Waals surface area contributed by atoms with E-state index >= 15 is 0 Å². The zero-order valence-electron chi connectivity index (χ0n) is 20.8. The van der Waals surface area contributed by atoms with Gasteiger partial charge in [-0.05, 0) is 63.4 Å². The molecule has 2 aliphatic rings. The maximum atomic E-state index is 12.7. The zero-order chi connectivity index (χ0) is 24.8. The van der Waals surface area contributed by atoms with Crippen LogP contribution in [-0.4, -0.2) is 77.5 Å². The lowest BCUT2D eigenvalue weighted by Gasteiger charge is -2.36. The van der Waals surface area contributed by atoms with E-state index < -0.39 is 0 Å². The number of carbonyl (C=O) groups is 1. The van der Waals surface area contributed by atoms with Crippen molar-refractivity contribution in [1.29, 1.82) is 0 Å². The maximum absolute atomic E-state index is 12.7. The number of anilines is 2. The van der Waals surface area contributed by atoms with Crippen molar-refractivity contribution in [3.63, 3.8) is 0 Å². The van der Waals surface area contributed by atoms with Gasteiger partial charge in [-0.25, -0.2) is 4.98 Å². The van der Waals surface area contributed by atoms with Crippen LogP contribution < -0.4 is 10.2 Å². The number of pyridine rings is 1. The van der Waals surface area contributed by atoms with E-state index in [0.717, 1.165) is 76.6 Å². The molecule has 0 radical (unpaired) electrons. The molecule has 0 bridgehead atoms. The van der Waals surface area contributed by atoms with Gasteiger partial charge in [0.1, 0.15) is 5.82 Å². The first kappa shape index (κ1) is 24.9. The van der Waals surface area contributed by atoms with Gasteiger partial charge in [-0.3, -0.25) is 19.8 Å². The molecule has 9 nitrogen and oxygen atoms in total. The number of aromatic nitrogens is 1. The van der Waals surface area contributed by atoms with E-state index in [4.69, 9.17) is 0 Å². The van der Waals surface area contributed by atoms with Gasteiger partial charge in [-0.15, -0.1) is 0 Å². The fraction of sp³-hybridized carbons (Fsp3) is 0.538. The average molecular weight is 481 g/mol. The van der Waals surface area contributed by atoms with Gasteiger partial charge < -0.3 is 15.1 Å². The Hall–Kier alpha value is -3.20. The standard InChI is InChI=1S/C26H36N6O3/c1-20-5-8-25(27-19-20)30-16-14-29(15-17-30)11-3-4-26(33)31-12-9-22(10-13-31)28-23-6-7-24(32(34)35)21(2)18-23/h5-8,18-19,22,28H,3-4,9-17H2,1-2H3. The van der Waals surface area contributed by atoms with Crippen molar-refractivity contribution in [1.82, 2.24) is 14.8 Å². The third kappa shape index (κ3) is 6.69. The molecule has 1 amide bonds. The van der Waals surface area contributed by atoms with Crippen molar-refractivity contribution >= 4 is 23.1 Å². The fourth-order valence-electron chi connectivity index (χ4n) is 4.92. The van der Waals surface area contributed by atoms with E-state index in [9.17, 15) is 14.9 Å². The Labute approximate surface area is 207 Å². The highest BCUT2D eigenvalue weighted by Gasteiger charge is 2.24. The van der Waals surface area contributed by atoms with Crippen LogP contribution in [0.25, 0.3) is 0 Å². The Kier molecular flexibility index (Phi) is 8.17. The summed E-state index contributed by atoms with van der Waals surface area (Å²) in [5, 5.41) is 14.5. The number of nitrogens with one attached hydrogen (secondary N) is 1. The quantitative estimate of drug-likeness (QED) is 0.456. The van der Waals surface area contributed by atoms with Crippen LogP contribution in [0.15, 0.2) is 36.5 Å². The van der Waals surface area contributed by atoms with Gasteiger partial charge >= 0.3 is 0 Å². The predicted molar refractivity (Wildman–Crippen MR) is 138 cm³/mol. The molecule has 0 unspecified atom stereocenters. The minimum Gasteiger partial charge on any atom is -0.382 e. The van der Waals surface area contributed by atoms with Crippen LogP contribution in [-0.2, 0) is 4.79 Å². The molecule has 3 heterocycles. The number of piperidine rings is 1. The SMILES string of the molecule is Cc1ccc(N2CCN(CCCC(=O)N3CCC(Nc4ccc([N+](=O)[O-])c(C)c4)CC3)CC2)nc1. The van der Waals surface area contributed by atoms with E-state index in [2.05, 4.69) is 39.2 Å². The second-order valence-electron chi connectivity index (χ2n) is 9.68. The summed E-state index contributed by atoms with van der Waals surface area (Å²) in [6.07, 6.45) is 5.18. The number of piperazine rings is 1. The molecule has 0 saturated carbocycles. The topological polar surface area (TPSA) is 94.8 Å². The Morgan fingerprint density at radius 1 is 1.09 bits per heavy atom. The first-order valence-corrected chi connectivity index (χ1v) is 12.6. The van der Waals surface area contributed by atoms with E-state index in [-0.39, 0.29) is 22.6 Å². The monoisotopic (exact) mass is 480 g/mol. The van der Waals surface area contributed by atoms with Crippen LogP contribution >= 0.6 is 0 Å². The van der Waals surface area contributed by atoms with Gasteiger partial charge in [-0.2, -0.15) is 0 Å². The number of amides is 1. The minimum absolute atomic E-state index is 0.140.